The lowest BCUT2D eigenvalue weighted by atomic mass is 9.72. The molecule has 344 valence electrons. The molecule has 12 aromatic rings. The van der Waals surface area contributed by atoms with Gasteiger partial charge in [-0.2, -0.15) is 26.3 Å². The Labute approximate surface area is 403 Å². The maximum absolute atomic E-state index is 15.6. The van der Waals surface area contributed by atoms with Crippen molar-refractivity contribution in [3.8, 4) is 56.4 Å². The molecule has 0 unspecified atom stereocenters. The second-order valence-corrected chi connectivity index (χ2v) is 17.6. The Hall–Kier alpha value is -8.76. The van der Waals surface area contributed by atoms with Crippen molar-refractivity contribution in [2.75, 3.05) is 0 Å². The molecule has 0 amide bonds. The van der Waals surface area contributed by atoms with Gasteiger partial charge in [-0.05, 0) is 89.0 Å². The fourth-order valence-corrected chi connectivity index (χ4v) is 10.2. The number of rotatable bonds is 8. The van der Waals surface area contributed by atoms with E-state index in [1.165, 1.54) is 24.3 Å². The lowest BCUT2D eigenvalue weighted by Gasteiger charge is -2.38. The first-order valence-corrected chi connectivity index (χ1v) is 23.0. The molecule has 3 heterocycles. The van der Waals surface area contributed by atoms with Gasteiger partial charge in [-0.25, -0.2) is 9.97 Å². The molecule has 0 aliphatic rings. The van der Waals surface area contributed by atoms with E-state index in [0.29, 0.717) is 17.1 Å². The van der Waals surface area contributed by atoms with E-state index in [1.54, 1.807) is 6.07 Å². The lowest BCUT2D eigenvalue weighted by molar-refractivity contribution is -0.288. The first kappa shape index (κ1) is 43.5. The van der Waals surface area contributed by atoms with Gasteiger partial charge in [0.2, 0.25) is 5.41 Å². The van der Waals surface area contributed by atoms with E-state index in [4.69, 9.17) is 9.97 Å². The maximum atomic E-state index is 15.6. The fourth-order valence-electron chi connectivity index (χ4n) is 10.2. The summed E-state index contributed by atoms with van der Waals surface area (Å²) in [6, 6.07) is 67.7. The van der Waals surface area contributed by atoms with Gasteiger partial charge < -0.3 is 9.13 Å². The third kappa shape index (κ3) is 7.16. The molecule has 0 bridgehead atoms. The summed E-state index contributed by atoms with van der Waals surface area (Å²) in [5, 5.41) is 3.96. The molecule has 0 atom stereocenters. The van der Waals surface area contributed by atoms with E-state index >= 15 is 26.3 Å². The predicted molar refractivity (Wildman–Crippen MR) is 272 cm³/mol. The Morgan fingerprint density at radius 1 is 0.296 bits per heavy atom. The normalized spacial score (nSPS) is 12.4. The summed E-state index contributed by atoms with van der Waals surface area (Å²) in [7, 11) is 0. The van der Waals surface area contributed by atoms with Gasteiger partial charge in [-0.3, -0.25) is 0 Å². The molecule has 3 aromatic heterocycles. The van der Waals surface area contributed by atoms with E-state index in [0.717, 1.165) is 95.8 Å². The Morgan fingerprint density at radius 2 is 0.662 bits per heavy atom. The topological polar surface area (TPSA) is 35.6 Å². The van der Waals surface area contributed by atoms with Gasteiger partial charge in [-0.15, -0.1) is 0 Å². The van der Waals surface area contributed by atoms with Crippen LogP contribution in [0.15, 0.2) is 231 Å². The Bertz CT molecular complexity index is 3860. The van der Waals surface area contributed by atoms with Gasteiger partial charge in [0.15, 0.2) is 5.82 Å². The highest BCUT2D eigenvalue weighted by molar-refractivity contribution is 6.12. The highest BCUT2D eigenvalue weighted by Crippen LogP contribution is 2.56. The third-order valence-corrected chi connectivity index (χ3v) is 13.5. The zero-order chi connectivity index (χ0) is 48.5. The van der Waals surface area contributed by atoms with E-state index < -0.39 is 28.9 Å². The SMILES string of the molecule is FC(F)(F)C(c1ccc(-c2nc(-c3ccccc3)cc(-c3ccccc3)n2)cc1)(c1ccc(-n2c3ccccc3c3cc(-c4ccc5c(c4)c4ccccc4n5-c4ccccc4)ccc32)cc1)C(F)(F)F. The number of hydrogen-bond donors (Lipinski definition) is 0. The van der Waals surface area contributed by atoms with Crippen LogP contribution in [-0.2, 0) is 5.41 Å². The van der Waals surface area contributed by atoms with Crippen molar-refractivity contribution < 1.29 is 26.3 Å². The molecule has 4 nitrogen and oxygen atoms in total. The van der Waals surface area contributed by atoms with Gasteiger partial charge in [0.1, 0.15) is 0 Å². The predicted octanol–water partition coefficient (Wildman–Crippen LogP) is 16.7. The van der Waals surface area contributed by atoms with Gasteiger partial charge in [0.05, 0.1) is 33.5 Å². The highest BCUT2D eigenvalue weighted by atomic mass is 19.4. The number of halogens is 6. The molecule has 0 radical (unpaired) electrons. The van der Waals surface area contributed by atoms with Gasteiger partial charge in [-0.1, -0.05) is 164 Å². The van der Waals surface area contributed by atoms with E-state index in [-0.39, 0.29) is 11.4 Å². The summed E-state index contributed by atoms with van der Waals surface area (Å²) in [5.74, 6) is 0.150. The van der Waals surface area contributed by atoms with Gasteiger partial charge in [0.25, 0.3) is 0 Å². The molecule has 0 saturated heterocycles. The Balaban J connectivity index is 0.935. The van der Waals surface area contributed by atoms with Crippen LogP contribution in [0.1, 0.15) is 11.1 Å². The Morgan fingerprint density at radius 3 is 1.11 bits per heavy atom. The monoisotopic (exact) mass is 940 g/mol. The second-order valence-electron chi connectivity index (χ2n) is 17.6. The third-order valence-electron chi connectivity index (χ3n) is 13.5. The van der Waals surface area contributed by atoms with Gasteiger partial charge >= 0.3 is 12.4 Å². The molecule has 10 heteroatoms. The molecule has 0 saturated carbocycles. The molecule has 12 rings (SSSR count). The minimum atomic E-state index is -5.79. The zero-order valence-electron chi connectivity index (χ0n) is 37.5. The summed E-state index contributed by atoms with van der Waals surface area (Å²) in [4.78, 5) is 9.43. The first-order valence-electron chi connectivity index (χ1n) is 23.0. The molecule has 0 fully saturated rings. The van der Waals surface area contributed by atoms with Crippen molar-refractivity contribution in [1.29, 1.82) is 0 Å². The van der Waals surface area contributed by atoms with Crippen molar-refractivity contribution in [2.45, 2.75) is 17.8 Å². The fraction of sp³-hybridized carbons (Fsp3) is 0.0492. The number of hydrogen-bond acceptors (Lipinski definition) is 2. The minimum absolute atomic E-state index is 0.150. The molecule has 0 aliphatic heterocycles. The number of nitrogens with zero attached hydrogens (tertiary/aromatic N) is 4. The molecule has 0 aliphatic carbocycles. The van der Waals surface area contributed by atoms with Crippen LogP contribution in [0.5, 0.6) is 0 Å². The highest BCUT2D eigenvalue weighted by Gasteiger charge is 2.72. The van der Waals surface area contributed by atoms with Crippen molar-refractivity contribution in [3.63, 3.8) is 0 Å². The standard InChI is InChI=1S/C61H38F6N4/c62-60(63,64)59(61(65,66)67,44-28-24-41(25-29-44)58-68-52(39-14-4-1-5-15-39)38-53(69-58)40-16-6-2-7-17-40)45-30-32-47(33-31-45)71-55-23-13-11-21-49(55)51-37-43(27-35-57(51)71)42-26-34-56-50(36-42)48-20-10-12-22-54(48)70(56)46-18-8-3-9-19-46/h1-38H. The number of alkyl halides is 6. The summed E-state index contributed by atoms with van der Waals surface area (Å²) in [6.45, 7) is 0. The quantitative estimate of drug-likeness (QED) is 0.142. The van der Waals surface area contributed by atoms with Crippen LogP contribution in [0.3, 0.4) is 0 Å². The number of para-hydroxylation sites is 3. The average Bonchev–Trinajstić information content (AvgIpc) is 3.91. The van der Waals surface area contributed by atoms with Crippen LogP contribution in [0.4, 0.5) is 26.3 Å². The van der Waals surface area contributed by atoms with Crippen LogP contribution < -0.4 is 0 Å². The second kappa shape index (κ2) is 16.7. The molecular formula is C61H38F6N4. The maximum Gasteiger partial charge on any atom is 0.411 e. The van der Waals surface area contributed by atoms with Crippen LogP contribution in [0.2, 0.25) is 0 Å². The zero-order valence-corrected chi connectivity index (χ0v) is 37.5. The van der Waals surface area contributed by atoms with Crippen LogP contribution in [-0.4, -0.2) is 31.5 Å². The Kier molecular flexibility index (Phi) is 10.3. The summed E-state index contributed by atoms with van der Waals surface area (Å²) < 4.78 is 97.8. The smallest absolute Gasteiger partial charge is 0.309 e. The van der Waals surface area contributed by atoms with E-state index in [2.05, 4.69) is 53.1 Å². The number of benzene rings is 9. The van der Waals surface area contributed by atoms with Crippen molar-refractivity contribution in [3.05, 3.63) is 242 Å². The average molecular weight is 941 g/mol. The van der Waals surface area contributed by atoms with Gasteiger partial charge in [0, 0.05) is 49.6 Å². The molecule has 71 heavy (non-hydrogen) atoms. The van der Waals surface area contributed by atoms with Crippen LogP contribution in [0.25, 0.3) is 100 Å². The molecule has 0 N–H and O–H groups in total. The first-order chi connectivity index (χ1) is 34.5. The van der Waals surface area contributed by atoms with Crippen molar-refractivity contribution in [1.82, 2.24) is 19.1 Å². The largest absolute Gasteiger partial charge is 0.411 e. The van der Waals surface area contributed by atoms with Crippen molar-refractivity contribution in [2.24, 2.45) is 0 Å². The van der Waals surface area contributed by atoms with E-state index in [9.17, 15) is 0 Å². The van der Waals surface area contributed by atoms with Crippen LogP contribution >= 0.6 is 0 Å². The molecule has 9 aromatic carbocycles. The van der Waals surface area contributed by atoms with E-state index in [1.807, 2.05) is 132 Å². The summed E-state index contributed by atoms with van der Waals surface area (Å²) in [6.07, 6.45) is -11.6. The number of aromatic nitrogens is 4. The minimum Gasteiger partial charge on any atom is -0.309 e. The molecule has 0 spiro atoms. The van der Waals surface area contributed by atoms with Crippen molar-refractivity contribution >= 4 is 43.6 Å². The summed E-state index contributed by atoms with van der Waals surface area (Å²) in [5.41, 5.74) is 3.61. The number of fused-ring (bicyclic) bond motifs is 6. The van der Waals surface area contributed by atoms with Crippen LogP contribution in [0, 0.1) is 0 Å². The molecular weight excluding hydrogens is 903 g/mol. The lowest BCUT2D eigenvalue weighted by Crippen LogP contribution is -2.54. The summed E-state index contributed by atoms with van der Waals surface area (Å²) >= 11 is 0.